The largest absolute Gasteiger partial charge is 0.288 e. The molecule has 1 N–H and O–H groups in total. The number of nitrogens with zero attached hydrogens (tertiary/aromatic N) is 1. The summed E-state index contributed by atoms with van der Waals surface area (Å²) in [4.78, 5) is 11.4. The summed E-state index contributed by atoms with van der Waals surface area (Å²) >= 11 is 0. The van der Waals surface area contributed by atoms with Crippen LogP contribution in [0.5, 0.6) is 0 Å². The van der Waals surface area contributed by atoms with Crippen LogP contribution in [0.25, 0.3) is 0 Å². The molecule has 2 aliphatic heterocycles. The molecule has 2 heterocycles. The van der Waals surface area contributed by atoms with Crippen molar-refractivity contribution in [2.75, 3.05) is 6.54 Å². The third-order valence-electron chi connectivity index (χ3n) is 2.99. The molecule has 86 valence electrons. The molecule has 16 heavy (non-hydrogen) atoms. The van der Waals surface area contributed by atoms with Gasteiger partial charge in [-0.25, -0.2) is 0 Å². The summed E-state index contributed by atoms with van der Waals surface area (Å²) in [6.45, 7) is 1.69. The summed E-state index contributed by atoms with van der Waals surface area (Å²) in [5.74, 6) is 0. The second kappa shape index (κ2) is 4.51. The molecule has 4 nitrogen and oxygen atoms in total. The first-order valence-electron chi connectivity index (χ1n) is 5.80. The lowest BCUT2D eigenvalue weighted by Crippen LogP contribution is -2.42. The van der Waals surface area contributed by atoms with Gasteiger partial charge in [0.05, 0.1) is 6.54 Å². The van der Waals surface area contributed by atoms with Crippen LogP contribution in [0.2, 0.25) is 0 Å². The molecule has 2 saturated heterocycles. The second-order valence-electron chi connectivity index (χ2n) is 4.24. The first-order valence-corrected chi connectivity index (χ1v) is 5.80. The molecule has 4 heteroatoms. The van der Waals surface area contributed by atoms with Crippen LogP contribution in [0.3, 0.4) is 0 Å². The monoisotopic (exact) mass is 220 g/mol. The van der Waals surface area contributed by atoms with Crippen molar-refractivity contribution in [1.29, 1.82) is 0 Å². The van der Waals surface area contributed by atoms with Crippen molar-refractivity contribution < 1.29 is 9.68 Å². The van der Waals surface area contributed by atoms with Gasteiger partial charge in [-0.3, -0.25) is 15.0 Å². The summed E-state index contributed by atoms with van der Waals surface area (Å²) in [6.07, 6.45) is 2.45. The predicted octanol–water partition coefficient (Wildman–Crippen LogP) is 1.44. The average molecular weight is 220 g/mol. The lowest BCUT2D eigenvalue weighted by molar-refractivity contribution is -0.322. The van der Waals surface area contributed by atoms with E-state index in [4.69, 9.17) is 9.68 Å². The van der Waals surface area contributed by atoms with E-state index in [9.17, 15) is 0 Å². The van der Waals surface area contributed by atoms with E-state index >= 15 is 0 Å². The molecule has 2 fully saturated rings. The summed E-state index contributed by atoms with van der Waals surface area (Å²) in [6, 6.07) is 10.2. The van der Waals surface area contributed by atoms with E-state index in [-0.39, 0.29) is 12.3 Å². The van der Waals surface area contributed by atoms with Crippen molar-refractivity contribution in [3.05, 3.63) is 35.9 Å². The van der Waals surface area contributed by atoms with Gasteiger partial charge in [0.2, 0.25) is 0 Å². The lowest BCUT2D eigenvalue weighted by atomic mass is 10.1. The Bertz CT molecular complexity index is 330. The summed E-state index contributed by atoms with van der Waals surface area (Å²) in [5.41, 5.74) is 1.20. The minimum atomic E-state index is 0.0393. The minimum Gasteiger partial charge on any atom is -0.288 e. The van der Waals surface area contributed by atoms with E-state index in [1.165, 1.54) is 5.56 Å². The molecule has 1 aromatic carbocycles. The number of hydrogen-bond acceptors (Lipinski definition) is 4. The van der Waals surface area contributed by atoms with Gasteiger partial charge in [-0.05, 0) is 24.9 Å². The molecule has 0 aliphatic carbocycles. The molecule has 3 rings (SSSR count). The second-order valence-corrected chi connectivity index (χ2v) is 4.24. The lowest BCUT2D eigenvalue weighted by Gasteiger charge is -2.21. The van der Waals surface area contributed by atoms with E-state index < -0.39 is 0 Å². The number of nitrogens with one attached hydrogen (secondary N) is 1. The zero-order valence-corrected chi connectivity index (χ0v) is 9.13. The highest BCUT2D eigenvalue weighted by Crippen LogP contribution is 2.24. The van der Waals surface area contributed by atoms with Gasteiger partial charge in [-0.15, -0.1) is 0 Å². The summed E-state index contributed by atoms with van der Waals surface area (Å²) < 4.78 is 0. The maximum absolute atomic E-state index is 5.72. The third kappa shape index (κ3) is 2.10. The Hall–Kier alpha value is -0.940. The fourth-order valence-electron chi connectivity index (χ4n) is 2.15. The highest BCUT2D eigenvalue weighted by molar-refractivity contribution is 5.13. The number of hydrogen-bond donors (Lipinski definition) is 1. The molecule has 2 atom stereocenters. The topological polar surface area (TPSA) is 33.7 Å². The molecule has 0 bridgehead atoms. The zero-order valence-electron chi connectivity index (χ0n) is 9.13. The Labute approximate surface area is 95.1 Å². The minimum absolute atomic E-state index is 0.0393. The first kappa shape index (κ1) is 10.2. The molecule has 1 aromatic rings. The SMILES string of the molecule is c1ccc(CN2O[C@H]3CCCN[C@@H]3O2)cc1. The number of piperidine rings is 1. The molecule has 0 amide bonds. The van der Waals surface area contributed by atoms with Crippen molar-refractivity contribution in [1.82, 2.24) is 10.5 Å². The van der Waals surface area contributed by atoms with Crippen molar-refractivity contribution in [2.45, 2.75) is 31.7 Å². The Morgan fingerprint density at radius 2 is 2.12 bits per heavy atom. The number of hydroxylamine groups is 2. The molecular formula is C12H16N2O2. The third-order valence-corrected chi connectivity index (χ3v) is 2.99. The maximum Gasteiger partial charge on any atom is 0.161 e. The molecule has 0 aromatic heterocycles. The van der Waals surface area contributed by atoms with E-state index in [0.29, 0.717) is 6.54 Å². The summed E-state index contributed by atoms with van der Waals surface area (Å²) in [7, 11) is 0. The predicted molar refractivity (Wildman–Crippen MR) is 59.0 cm³/mol. The van der Waals surface area contributed by atoms with Gasteiger partial charge in [0.25, 0.3) is 0 Å². The highest BCUT2D eigenvalue weighted by atomic mass is 17.0. The Morgan fingerprint density at radius 1 is 1.25 bits per heavy atom. The van der Waals surface area contributed by atoms with Crippen molar-refractivity contribution >= 4 is 0 Å². The number of rotatable bonds is 2. The standard InChI is InChI=1S/C12H16N2O2/c1-2-5-10(6-3-1)9-14-15-11-7-4-8-13-12(11)16-14/h1-3,5-6,11-13H,4,7-9H2/t11-,12+/m0/s1. The molecule has 2 aliphatic rings. The molecule has 0 spiro atoms. The van der Waals surface area contributed by atoms with Gasteiger partial charge in [0.15, 0.2) is 6.23 Å². The normalized spacial score (nSPS) is 30.2. The zero-order chi connectivity index (χ0) is 10.8. The molecular weight excluding hydrogens is 204 g/mol. The van der Waals surface area contributed by atoms with E-state index in [0.717, 1.165) is 19.4 Å². The van der Waals surface area contributed by atoms with E-state index in [2.05, 4.69) is 17.4 Å². The number of fused-ring (bicyclic) bond motifs is 1. The quantitative estimate of drug-likeness (QED) is 0.817. The Morgan fingerprint density at radius 3 is 2.94 bits per heavy atom. The Balaban J connectivity index is 1.61. The average Bonchev–Trinajstić information content (AvgIpc) is 2.72. The maximum atomic E-state index is 5.72. The van der Waals surface area contributed by atoms with Crippen LogP contribution in [0.4, 0.5) is 0 Å². The van der Waals surface area contributed by atoms with Crippen LogP contribution >= 0.6 is 0 Å². The van der Waals surface area contributed by atoms with E-state index in [1.54, 1.807) is 5.23 Å². The van der Waals surface area contributed by atoms with Crippen LogP contribution in [-0.2, 0) is 16.2 Å². The van der Waals surface area contributed by atoms with Gasteiger partial charge in [0.1, 0.15) is 6.10 Å². The molecule has 0 unspecified atom stereocenters. The molecule has 0 saturated carbocycles. The first-order chi connectivity index (χ1) is 7.92. The fourth-order valence-corrected chi connectivity index (χ4v) is 2.15. The highest BCUT2D eigenvalue weighted by Gasteiger charge is 2.37. The summed E-state index contributed by atoms with van der Waals surface area (Å²) in [5, 5.41) is 4.91. The van der Waals surface area contributed by atoms with Crippen LogP contribution in [-0.4, -0.2) is 24.1 Å². The van der Waals surface area contributed by atoms with Crippen molar-refractivity contribution in [3.63, 3.8) is 0 Å². The van der Waals surface area contributed by atoms with Crippen LogP contribution in [0.1, 0.15) is 18.4 Å². The number of benzene rings is 1. The Kier molecular flexibility index (Phi) is 2.88. The van der Waals surface area contributed by atoms with Gasteiger partial charge >= 0.3 is 0 Å². The van der Waals surface area contributed by atoms with Crippen molar-refractivity contribution in [2.24, 2.45) is 0 Å². The van der Waals surface area contributed by atoms with Gasteiger partial charge in [-0.1, -0.05) is 35.6 Å². The fraction of sp³-hybridized carbons (Fsp3) is 0.500. The van der Waals surface area contributed by atoms with Gasteiger partial charge < -0.3 is 0 Å². The van der Waals surface area contributed by atoms with Crippen LogP contribution < -0.4 is 5.32 Å². The van der Waals surface area contributed by atoms with Gasteiger partial charge in [0, 0.05) is 0 Å². The van der Waals surface area contributed by atoms with Crippen LogP contribution in [0.15, 0.2) is 30.3 Å². The van der Waals surface area contributed by atoms with E-state index in [1.807, 2.05) is 18.2 Å². The van der Waals surface area contributed by atoms with Crippen LogP contribution in [0, 0.1) is 0 Å². The molecule has 0 radical (unpaired) electrons. The van der Waals surface area contributed by atoms with Crippen molar-refractivity contribution in [3.8, 4) is 0 Å². The smallest absolute Gasteiger partial charge is 0.161 e. The van der Waals surface area contributed by atoms with Gasteiger partial charge in [-0.2, -0.15) is 0 Å².